The van der Waals surface area contributed by atoms with Crippen molar-refractivity contribution in [2.24, 2.45) is 10.8 Å². The Hall–Kier alpha value is -9.00. The normalized spacial score (nSPS) is 12.8. The Morgan fingerprint density at radius 2 is 0.714 bits per heavy atom. The molecule has 0 aromatic heterocycles. The van der Waals surface area contributed by atoms with Crippen LogP contribution in [0.3, 0.4) is 0 Å². The van der Waals surface area contributed by atoms with Crippen molar-refractivity contribution in [2.75, 3.05) is 95.5 Å². The van der Waals surface area contributed by atoms with Crippen LogP contribution in [0.1, 0.15) is 271 Å². The van der Waals surface area contributed by atoms with Crippen LogP contribution in [-0.2, 0) is 133 Å². The fourth-order valence-corrected chi connectivity index (χ4v) is 12.9. The standard InChI is InChI=1S/C24H39FO5.C24H34O4.C23H32O4.C18H24F4O5.C17H26O4/c1-10-24(9,25)21(26)28-12-11-27-20-18(15-29-22(3,4)5)13-17(2)14-19(20)16-30-23(6,7)8;1-6-24(4,5)21-8-7-9-22(14-21)27-10-11-28-23-19(15-25)12-18(17(2)3)13-20(23)16-26;1-6-18(3)19-8-7-9-22(14-19)26-10-11-27-23-20(15-24-4)12-17(2)13-21(23)16-25-5;1-5-17(2,18(20,21)22)16(23)27-7-6-26-15-12(10-24-3)8-14(19)9-13(15)11-25-4;1-7-17(3,4)16(18)21-15-13(10-19-5)8-12(2)9-14(15)11-20-6/h13-14H,10-12,15-16H2,1-9H3;7-9,12-14,17,25-26H,6,10-11,15-16H2,1-5H3;7-9,12-14,18H,6,10-11,15-16H2,1-5H3;8-9H,5-7,10-11H2,1-4H3;8-9H,7,10-11H2,1-6H3. The van der Waals surface area contributed by atoms with Gasteiger partial charge in [-0.05, 0) is 205 Å². The Morgan fingerprint density at radius 1 is 0.368 bits per heavy atom. The van der Waals surface area contributed by atoms with Gasteiger partial charge in [0.05, 0.1) is 82.7 Å². The third kappa shape index (κ3) is 40.1. The first-order chi connectivity index (χ1) is 62.5. The van der Waals surface area contributed by atoms with Crippen LogP contribution in [0, 0.1) is 37.4 Å². The largest absolute Gasteiger partial charge is 0.490 e. The van der Waals surface area contributed by atoms with Crippen molar-refractivity contribution in [3.8, 4) is 40.2 Å². The third-order valence-electron chi connectivity index (χ3n) is 22.1. The smallest absolute Gasteiger partial charge is 0.404 e. The van der Waals surface area contributed by atoms with Gasteiger partial charge < -0.3 is 90.7 Å². The van der Waals surface area contributed by atoms with E-state index in [1.807, 2.05) is 137 Å². The van der Waals surface area contributed by atoms with Gasteiger partial charge in [-0.1, -0.05) is 147 Å². The van der Waals surface area contributed by atoms with E-state index in [4.69, 9.17) is 80.5 Å². The quantitative estimate of drug-likeness (QED) is 0.0156. The molecule has 0 bridgehead atoms. The summed E-state index contributed by atoms with van der Waals surface area (Å²) in [6.45, 7) is 47.5. The lowest BCUT2D eigenvalue weighted by Gasteiger charge is -2.28. The third-order valence-corrected chi connectivity index (χ3v) is 22.1. The van der Waals surface area contributed by atoms with E-state index >= 15 is 0 Å². The first-order valence-corrected chi connectivity index (χ1v) is 45.6. The lowest BCUT2D eigenvalue weighted by atomic mass is 9.82. The van der Waals surface area contributed by atoms with Gasteiger partial charge in [0.1, 0.15) is 98.9 Å². The second-order valence-corrected chi connectivity index (χ2v) is 36.7. The van der Waals surface area contributed by atoms with Gasteiger partial charge in [-0.3, -0.25) is 9.59 Å². The molecule has 3 atom stereocenters. The molecule has 7 aromatic carbocycles. The highest BCUT2D eigenvalue weighted by atomic mass is 19.4. The second kappa shape index (κ2) is 57.8. The van der Waals surface area contributed by atoms with Crippen LogP contribution in [0.2, 0.25) is 0 Å². The van der Waals surface area contributed by atoms with Gasteiger partial charge in [0.15, 0.2) is 5.41 Å². The summed E-state index contributed by atoms with van der Waals surface area (Å²) in [5.74, 6) is 2.47. The van der Waals surface area contributed by atoms with Crippen molar-refractivity contribution in [3.05, 3.63) is 204 Å². The molecule has 7 rings (SSSR count). The topological polar surface area (TPSA) is 249 Å². The van der Waals surface area contributed by atoms with Crippen molar-refractivity contribution in [1.82, 2.24) is 0 Å². The molecule has 0 aliphatic heterocycles. The summed E-state index contributed by atoms with van der Waals surface area (Å²) in [4.78, 5) is 36.0. The Morgan fingerprint density at radius 3 is 1.05 bits per heavy atom. The lowest BCUT2D eigenvalue weighted by Crippen LogP contribution is -2.43. The summed E-state index contributed by atoms with van der Waals surface area (Å²) >= 11 is 0. The molecule has 0 spiro atoms. The zero-order valence-corrected chi connectivity index (χ0v) is 84.8. The molecule has 22 nitrogen and oxygen atoms in total. The number of benzene rings is 7. The maximum atomic E-state index is 14.0. The van der Waals surface area contributed by atoms with E-state index in [9.17, 15) is 46.5 Å². The van der Waals surface area contributed by atoms with Crippen molar-refractivity contribution >= 4 is 17.9 Å². The number of aliphatic hydroxyl groups is 2. The van der Waals surface area contributed by atoms with Crippen LogP contribution in [-0.4, -0.2) is 147 Å². The van der Waals surface area contributed by atoms with Gasteiger partial charge in [-0.2, -0.15) is 13.2 Å². The first-order valence-electron chi connectivity index (χ1n) is 45.6. The van der Waals surface area contributed by atoms with Crippen LogP contribution in [0.15, 0.2) is 109 Å². The highest BCUT2D eigenvalue weighted by Gasteiger charge is 2.56. The summed E-state index contributed by atoms with van der Waals surface area (Å²) < 4.78 is 161. The molecular formula is C106H155F5O22. The molecule has 746 valence electrons. The highest BCUT2D eigenvalue weighted by Crippen LogP contribution is 2.43. The molecule has 0 saturated heterocycles. The summed E-state index contributed by atoms with van der Waals surface area (Å²) in [7, 11) is 9.48. The van der Waals surface area contributed by atoms with Gasteiger partial charge in [-0.25, -0.2) is 13.6 Å². The van der Waals surface area contributed by atoms with E-state index in [-0.39, 0.29) is 87.6 Å². The minimum atomic E-state index is -4.71. The van der Waals surface area contributed by atoms with Crippen LogP contribution < -0.4 is 33.2 Å². The van der Waals surface area contributed by atoms with Gasteiger partial charge in [0.25, 0.3) is 0 Å². The van der Waals surface area contributed by atoms with Gasteiger partial charge in [-0.15, -0.1) is 0 Å². The van der Waals surface area contributed by atoms with E-state index in [0.29, 0.717) is 117 Å². The second-order valence-electron chi connectivity index (χ2n) is 36.7. The number of rotatable bonds is 48. The maximum absolute atomic E-state index is 14.0. The number of hydrogen-bond donors (Lipinski definition) is 2. The molecule has 0 aliphatic rings. The number of carbonyl (C=O) groups is 3. The number of methoxy groups -OCH3 is 6. The molecule has 2 N–H and O–H groups in total. The van der Waals surface area contributed by atoms with Crippen LogP contribution in [0.4, 0.5) is 22.0 Å². The van der Waals surface area contributed by atoms with Crippen molar-refractivity contribution in [1.29, 1.82) is 0 Å². The first kappa shape index (κ1) is 118. The van der Waals surface area contributed by atoms with E-state index in [1.54, 1.807) is 35.4 Å². The number of halogens is 5. The minimum absolute atomic E-state index is 0.0364. The number of esters is 3. The molecule has 3 unspecified atom stereocenters. The average Bonchev–Trinajstić information content (AvgIpc) is 0.798. The Bertz CT molecular complexity index is 4490. The zero-order chi connectivity index (χ0) is 100. The predicted octanol–water partition coefficient (Wildman–Crippen LogP) is 23.5. The van der Waals surface area contributed by atoms with Gasteiger partial charge in [0, 0.05) is 98.3 Å². The van der Waals surface area contributed by atoms with Crippen LogP contribution >= 0.6 is 0 Å². The summed E-state index contributed by atoms with van der Waals surface area (Å²) in [5, 5.41) is 19.4. The molecule has 0 heterocycles. The van der Waals surface area contributed by atoms with Crippen molar-refractivity contribution in [2.45, 2.75) is 298 Å². The Kier molecular flexibility index (Phi) is 51.3. The molecule has 0 radical (unpaired) electrons. The van der Waals surface area contributed by atoms with E-state index in [2.05, 4.69) is 91.8 Å². The summed E-state index contributed by atoms with van der Waals surface area (Å²) in [6, 6.07) is 35.0. The summed E-state index contributed by atoms with van der Waals surface area (Å²) in [6.07, 6.45) is -2.20. The molecule has 0 saturated carbocycles. The summed E-state index contributed by atoms with van der Waals surface area (Å²) in [5.41, 5.74) is 9.18. The van der Waals surface area contributed by atoms with E-state index in [1.165, 1.54) is 56.9 Å². The number of carbonyl (C=O) groups excluding carboxylic acids is 3. The number of aliphatic hydroxyl groups excluding tert-OH is 2. The number of alkyl halides is 4. The van der Waals surface area contributed by atoms with Crippen molar-refractivity contribution in [3.63, 3.8) is 0 Å². The average molecular weight is 1880 g/mol. The predicted molar refractivity (Wildman–Crippen MR) is 509 cm³/mol. The number of hydrogen-bond acceptors (Lipinski definition) is 22. The molecule has 0 amide bonds. The fourth-order valence-electron chi connectivity index (χ4n) is 12.9. The van der Waals surface area contributed by atoms with E-state index < -0.39 is 46.9 Å². The fraction of sp³-hybridized carbons (Fsp3) is 0.575. The number of aryl methyl sites for hydroxylation is 3. The SMILES string of the molecule is CCC(C)(C(=O)OCCOc1c(COC)cc(F)cc1COC)C(F)(F)F.CCC(C)(C)C(=O)Oc1c(COC)cc(C)cc1COC.CCC(C)(C)c1cccc(OCCOc2c(CO)cc(C(C)C)cc2CO)c1.CCC(C)(F)C(=O)OCCOc1c(COC(C)(C)C)cc(C)cc1COC(C)(C)C.CCC(C)c1cccc(OCCOc2c(COC)cc(C)cc2COC)c1. The zero-order valence-electron chi connectivity index (χ0n) is 84.8. The van der Waals surface area contributed by atoms with Crippen LogP contribution in [0.5, 0.6) is 40.2 Å². The lowest BCUT2D eigenvalue weighted by molar-refractivity contribution is -0.231. The van der Waals surface area contributed by atoms with E-state index in [0.717, 1.165) is 93.5 Å². The molecule has 7 aromatic rings. The Balaban J connectivity index is 0.000000430. The Labute approximate surface area is 789 Å². The minimum Gasteiger partial charge on any atom is -0.490 e. The van der Waals surface area contributed by atoms with Crippen LogP contribution in [0.25, 0.3) is 0 Å². The van der Waals surface area contributed by atoms with Gasteiger partial charge >= 0.3 is 24.1 Å². The molecule has 0 aliphatic carbocycles. The van der Waals surface area contributed by atoms with Gasteiger partial charge in [0.2, 0.25) is 5.67 Å². The molecule has 133 heavy (non-hydrogen) atoms. The maximum Gasteiger partial charge on any atom is 0.404 e. The number of ether oxygens (including phenoxy) is 17. The highest BCUT2D eigenvalue weighted by molar-refractivity contribution is 5.80. The molecule has 0 fully saturated rings. The molecule has 27 heteroatoms. The monoisotopic (exact) mass is 1880 g/mol. The van der Waals surface area contributed by atoms with Crippen molar-refractivity contribution < 1.29 is 127 Å². The molecular weight excluding hydrogens is 1720 g/mol.